The molecule has 0 bridgehead atoms. The van der Waals surface area contributed by atoms with Crippen molar-refractivity contribution in [1.82, 2.24) is 24.9 Å². The number of hydrogen-bond donors (Lipinski definition) is 1. The van der Waals surface area contributed by atoms with Crippen LogP contribution in [0.5, 0.6) is 0 Å². The fourth-order valence-electron chi connectivity index (χ4n) is 5.22. The molecule has 1 N–H and O–H groups in total. The van der Waals surface area contributed by atoms with Crippen molar-refractivity contribution < 1.29 is 28.4 Å². The summed E-state index contributed by atoms with van der Waals surface area (Å²) in [6, 6.07) is -2.29. The van der Waals surface area contributed by atoms with E-state index in [-0.39, 0.29) is 24.3 Å². The molecule has 3 rings (SSSR count). The number of Topliss-reactive ketones (excluding diaryl/α,β-unsaturated/α-hetero) is 1. The summed E-state index contributed by atoms with van der Waals surface area (Å²) < 4.78 is 13.9. The largest absolute Gasteiger partial charge is 0.354 e. The third kappa shape index (κ3) is 5.21. The van der Waals surface area contributed by atoms with Crippen LogP contribution >= 0.6 is 0 Å². The zero-order valence-electron chi connectivity index (χ0n) is 21.8. The standard InChI is InChI=1S/C25H36FN5O5/c1-14-10-11-16(12-17(14)26)13-27-21(33)19-20(32)23(34)31-15(2)8-7-9-18(22(31)30(19)6)29(5)25(36)24(35)28(3)4/h10,12,15-16,18-19,22H,7-9,11,13H2,1-6H3,(H,27,33). The topological polar surface area (TPSA) is 110 Å². The van der Waals surface area contributed by atoms with Gasteiger partial charge in [-0.05, 0) is 58.2 Å². The highest BCUT2D eigenvalue weighted by Crippen LogP contribution is 2.32. The molecule has 10 nitrogen and oxygen atoms in total. The summed E-state index contributed by atoms with van der Waals surface area (Å²) >= 11 is 0. The van der Waals surface area contributed by atoms with E-state index in [0.29, 0.717) is 31.3 Å². The van der Waals surface area contributed by atoms with E-state index in [1.807, 2.05) is 6.92 Å². The number of rotatable bonds is 4. The molecule has 3 aliphatic rings. The lowest BCUT2D eigenvalue weighted by Crippen LogP contribution is -2.73. The molecule has 2 heterocycles. The van der Waals surface area contributed by atoms with Gasteiger partial charge in [-0.15, -0.1) is 0 Å². The van der Waals surface area contributed by atoms with Crippen molar-refractivity contribution in [3.8, 4) is 0 Å². The number of nitrogens with zero attached hydrogens (tertiary/aromatic N) is 4. The van der Waals surface area contributed by atoms with Gasteiger partial charge in [-0.2, -0.15) is 0 Å². The lowest BCUT2D eigenvalue weighted by Gasteiger charge is -2.50. The first-order chi connectivity index (χ1) is 16.9. The van der Waals surface area contributed by atoms with Crippen LogP contribution < -0.4 is 5.32 Å². The maximum absolute atomic E-state index is 13.9. The van der Waals surface area contributed by atoms with Crippen molar-refractivity contribution >= 4 is 29.4 Å². The number of nitrogens with one attached hydrogen (secondary N) is 1. The van der Waals surface area contributed by atoms with Gasteiger partial charge in [-0.25, -0.2) is 4.39 Å². The summed E-state index contributed by atoms with van der Waals surface area (Å²) in [5.41, 5.74) is 0.547. The van der Waals surface area contributed by atoms with Crippen LogP contribution in [-0.4, -0.2) is 108 Å². The number of hydrogen-bond acceptors (Lipinski definition) is 6. The molecule has 198 valence electrons. The van der Waals surface area contributed by atoms with Crippen LogP contribution in [0.2, 0.25) is 0 Å². The smallest absolute Gasteiger partial charge is 0.312 e. The minimum Gasteiger partial charge on any atom is -0.354 e. The average Bonchev–Trinajstić information content (AvgIpc) is 3.00. The van der Waals surface area contributed by atoms with Gasteiger partial charge in [-0.1, -0.05) is 6.08 Å². The van der Waals surface area contributed by atoms with E-state index in [1.54, 1.807) is 20.0 Å². The summed E-state index contributed by atoms with van der Waals surface area (Å²) in [7, 11) is 6.05. The highest BCUT2D eigenvalue weighted by molar-refractivity contribution is 6.42. The van der Waals surface area contributed by atoms with Gasteiger partial charge in [0.15, 0.2) is 6.04 Å². The Morgan fingerprint density at radius 1 is 1.14 bits per heavy atom. The molecular weight excluding hydrogens is 469 g/mol. The van der Waals surface area contributed by atoms with Crippen molar-refractivity contribution in [1.29, 1.82) is 0 Å². The summed E-state index contributed by atoms with van der Waals surface area (Å²) in [4.78, 5) is 70.3. The van der Waals surface area contributed by atoms with Crippen molar-refractivity contribution in [2.75, 3.05) is 34.7 Å². The van der Waals surface area contributed by atoms with Crippen molar-refractivity contribution in [2.45, 2.75) is 63.8 Å². The second kappa shape index (κ2) is 10.9. The predicted octanol–water partition coefficient (Wildman–Crippen LogP) is 0.448. The van der Waals surface area contributed by atoms with Crippen LogP contribution in [0.25, 0.3) is 0 Å². The van der Waals surface area contributed by atoms with Crippen LogP contribution in [0.15, 0.2) is 23.6 Å². The fraction of sp³-hybridized carbons (Fsp3) is 0.640. The Balaban J connectivity index is 1.86. The molecule has 36 heavy (non-hydrogen) atoms. The Hall–Kier alpha value is -3.08. The minimum absolute atomic E-state index is 0.117. The second-order valence-corrected chi connectivity index (χ2v) is 10.2. The molecule has 0 aromatic carbocycles. The van der Waals surface area contributed by atoms with Crippen molar-refractivity contribution in [2.24, 2.45) is 5.92 Å². The molecule has 11 heteroatoms. The molecule has 0 saturated carbocycles. The molecule has 2 saturated heterocycles. The molecule has 0 radical (unpaired) electrons. The van der Waals surface area contributed by atoms with Gasteiger partial charge in [0.1, 0.15) is 12.0 Å². The predicted molar refractivity (Wildman–Crippen MR) is 130 cm³/mol. The summed E-state index contributed by atoms with van der Waals surface area (Å²) in [5.74, 6) is -4.31. The van der Waals surface area contributed by atoms with Crippen LogP contribution in [-0.2, 0) is 24.0 Å². The molecule has 5 atom stereocenters. The molecule has 1 aliphatic carbocycles. The lowest BCUT2D eigenvalue weighted by molar-refractivity contribution is -0.171. The van der Waals surface area contributed by atoms with Gasteiger partial charge in [-0.3, -0.25) is 28.9 Å². The van der Waals surface area contributed by atoms with E-state index in [2.05, 4.69) is 5.32 Å². The van der Waals surface area contributed by atoms with Gasteiger partial charge >= 0.3 is 11.8 Å². The second-order valence-electron chi connectivity index (χ2n) is 10.2. The van der Waals surface area contributed by atoms with Gasteiger partial charge in [0.25, 0.3) is 5.91 Å². The molecule has 0 spiro atoms. The lowest BCUT2D eigenvalue weighted by atomic mass is 9.95. The number of ketones is 1. The minimum atomic E-state index is -1.39. The molecular formula is C25H36FN5O5. The number of amides is 4. The van der Waals surface area contributed by atoms with E-state index >= 15 is 0 Å². The molecule has 0 aromatic heterocycles. The summed E-state index contributed by atoms with van der Waals surface area (Å²) in [6.07, 6.45) is 4.76. The van der Waals surface area contributed by atoms with Crippen LogP contribution in [0, 0.1) is 5.92 Å². The van der Waals surface area contributed by atoms with E-state index in [0.717, 1.165) is 0 Å². The van der Waals surface area contributed by atoms with E-state index in [9.17, 15) is 28.4 Å². The first kappa shape index (κ1) is 27.5. The fourth-order valence-corrected chi connectivity index (χ4v) is 5.22. The third-order valence-electron chi connectivity index (χ3n) is 7.42. The Bertz CT molecular complexity index is 1010. The Morgan fingerprint density at radius 2 is 1.81 bits per heavy atom. The molecule has 0 aromatic rings. The highest BCUT2D eigenvalue weighted by Gasteiger charge is 2.53. The normalized spacial score (nSPS) is 29.0. The zero-order chi connectivity index (χ0) is 26.9. The molecule has 2 aliphatic heterocycles. The molecule has 4 amide bonds. The van der Waals surface area contributed by atoms with E-state index < -0.39 is 47.7 Å². The Kier molecular flexibility index (Phi) is 8.33. The van der Waals surface area contributed by atoms with Crippen molar-refractivity contribution in [3.05, 3.63) is 23.6 Å². The van der Waals surface area contributed by atoms with Gasteiger partial charge < -0.3 is 20.0 Å². The van der Waals surface area contributed by atoms with E-state index in [4.69, 9.17) is 0 Å². The van der Waals surface area contributed by atoms with Crippen LogP contribution in [0.1, 0.15) is 39.5 Å². The first-order valence-corrected chi connectivity index (χ1v) is 12.3. The van der Waals surface area contributed by atoms with Crippen LogP contribution in [0.3, 0.4) is 0 Å². The molecule has 5 unspecified atom stereocenters. The highest BCUT2D eigenvalue weighted by atomic mass is 19.1. The third-order valence-corrected chi connectivity index (χ3v) is 7.42. The van der Waals surface area contributed by atoms with Gasteiger partial charge in [0.2, 0.25) is 11.7 Å². The molecule has 2 fully saturated rings. The first-order valence-electron chi connectivity index (χ1n) is 12.3. The maximum Gasteiger partial charge on any atom is 0.312 e. The van der Waals surface area contributed by atoms with Gasteiger partial charge in [0.05, 0.1) is 6.04 Å². The SMILES string of the molecule is CC1=CCC(CNC(=O)C2C(=O)C(=O)N3C(C)CCCC(N(C)C(=O)C(=O)N(C)C)C3N2C)C=C1F. The number of fused-ring (bicyclic) bond motifs is 1. The Morgan fingerprint density at radius 3 is 2.42 bits per heavy atom. The van der Waals surface area contributed by atoms with Crippen molar-refractivity contribution in [3.63, 3.8) is 0 Å². The number of allylic oxidation sites excluding steroid dienone is 3. The monoisotopic (exact) mass is 505 g/mol. The summed E-state index contributed by atoms with van der Waals surface area (Å²) in [5, 5.41) is 2.71. The number of carbonyl (C=O) groups is 5. The Labute approximate surface area is 211 Å². The number of carbonyl (C=O) groups excluding carboxylic acids is 5. The number of likely N-dealkylation sites (N-methyl/N-ethyl adjacent to an activating group) is 3. The quantitative estimate of drug-likeness (QED) is 0.439. The van der Waals surface area contributed by atoms with E-state index in [1.165, 1.54) is 46.8 Å². The van der Waals surface area contributed by atoms with Gasteiger partial charge in [0, 0.05) is 39.6 Å². The number of halogens is 1. The average molecular weight is 506 g/mol. The van der Waals surface area contributed by atoms with Crippen LogP contribution in [0.4, 0.5) is 4.39 Å². The maximum atomic E-state index is 13.9. The summed E-state index contributed by atoms with van der Waals surface area (Å²) in [6.45, 7) is 3.62. The zero-order valence-corrected chi connectivity index (χ0v) is 21.8.